The minimum Gasteiger partial charge on any atom is -0.494 e. The lowest BCUT2D eigenvalue weighted by atomic mass is 10.0. The molecule has 170 valence electrons. The van der Waals surface area contributed by atoms with Crippen LogP contribution >= 0.6 is 0 Å². The molecular weight excluding hydrogens is 398 g/mol. The van der Waals surface area contributed by atoms with Crippen molar-refractivity contribution in [3.8, 4) is 5.75 Å². The minimum absolute atomic E-state index is 0.483. The molecule has 0 fully saturated rings. The van der Waals surface area contributed by atoms with E-state index < -0.39 is 10.2 Å². The monoisotopic (exact) mass is 437 g/mol. The van der Waals surface area contributed by atoms with Crippen molar-refractivity contribution in [2.45, 2.75) is 58.3 Å². The van der Waals surface area contributed by atoms with Gasteiger partial charge in [0.05, 0.1) is 12.3 Å². The number of hydrogen-bond donors (Lipinski definition) is 1. The summed E-state index contributed by atoms with van der Waals surface area (Å²) in [6, 6.07) is 5.79. The van der Waals surface area contributed by atoms with E-state index in [-0.39, 0.29) is 0 Å². The predicted molar refractivity (Wildman–Crippen MR) is 126 cm³/mol. The first-order chi connectivity index (χ1) is 14.5. The highest BCUT2D eigenvalue weighted by atomic mass is 32.2. The highest BCUT2D eigenvalue weighted by Crippen LogP contribution is 2.32. The fourth-order valence-electron chi connectivity index (χ4n) is 3.67. The van der Waals surface area contributed by atoms with Crippen molar-refractivity contribution >= 4 is 15.9 Å². The van der Waals surface area contributed by atoms with Crippen molar-refractivity contribution in [1.29, 1.82) is 0 Å². The van der Waals surface area contributed by atoms with Gasteiger partial charge in [0.1, 0.15) is 5.75 Å². The van der Waals surface area contributed by atoms with Gasteiger partial charge in [0.2, 0.25) is 0 Å². The van der Waals surface area contributed by atoms with Gasteiger partial charge in [-0.1, -0.05) is 32.3 Å². The Morgan fingerprint density at radius 3 is 2.80 bits per heavy atom. The van der Waals surface area contributed by atoms with Gasteiger partial charge in [0.25, 0.3) is 0 Å². The molecule has 0 unspecified atom stereocenters. The van der Waals surface area contributed by atoms with Crippen LogP contribution in [0.2, 0.25) is 0 Å². The number of ether oxygens (including phenoxy) is 1. The second kappa shape index (κ2) is 13.0. The van der Waals surface area contributed by atoms with E-state index >= 15 is 0 Å². The Labute approximate surface area is 183 Å². The second-order valence-corrected chi connectivity index (χ2v) is 9.71. The van der Waals surface area contributed by atoms with Crippen LogP contribution in [0.5, 0.6) is 5.75 Å². The molecule has 0 bridgehead atoms. The third kappa shape index (κ3) is 7.93. The van der Waals surface area contributed by atoms with Gasteiger partial charge >= 0.3 is 10.2 Å². The maximum atomic E-state index is 12.7. The molecule has 0 saturated heterocycles. The number of benzene rings is 1. The number of fused-ring (bicyclic) bond motifs is 1. The van der Waals surface area contributed by atoms with E-state index in [1.165, 1.54) is 17.1 Å². The fourth-order valence-corrected chi connectivity index (χ4v) is 5.04. The van der Waals surface area contributed by atoms with Crippen LogP contribution in [0.4, 0.5) is 5.69 Å². The third-order valence-corrected chi connectivity index (χ3v) is 6.90. The molecule has 1 aliphatic heterocycles. The SMILES string of the molecule is C=CCN(C)CCCCCCOc1ccc2c(c1)CCCN2S(=O)(=O)NCCCC. The van der Waals surface area contributed by atoms with Gasteiger partial charge in [0, 0.05) is 19.6 Å². The van der Waals surface area contributed by atoms with Crippen LogP contribution in [0.3, 0.4) is 0 Å². The zero-order valence-corrected chi connectivity index (χ0v) is 19.6. The summed E-state index contributed by atoms with van der Waals surface area (Å²) in [5.41, 5.74) is 1.83. The molecule has 7 heteroatoms. The first-order valence-corrected chi connectivity index (χ1v) is 12.7. The van der Waals surface area contributed by atoms with Gasteiger partial charge in [0.15, 0.2) is 0 Å². The number of nitrogens with one attached hydrogen (secondary N) is 1. The standard InChI is InChI=1S/C23H39N3O3S/c1-4-6-15-24-30(27,28)26-18-11-12-21-20-22(13-14-23(21)26)29-19-10-8-7-9-17-25(3)16-5-2/h5,13-14,20,24H,2,4,6-12,15-19H2,1,3H3. The highest BCUT2D eigenvalue weighted by molar-refractivity contribution is 7.90. The van der Waals surface area contributed by atoms with Crippen LogP contribution in [0.15, 0.2) is 30.9 Å². The van der Waals surface area contributed by atoms with Crippen molar-refractivity contribution in [3.63, 3.8) is 0 Å². The maximum Gasteiger partial charge on any atom is 0.301 e. The van der Waals surface area contributed by atoms with E-state index in [1.807, 2.05) is 24.3 Å². The quantitative estimate of drug-likeness (QED) is 0.331. The predicted octanol–water partition coefficient (Wildman–Crippen LogP) is 4.13. The minimum atomic E-state index is -3.49. The molecule has 1 N–H and O–H groups in total. The van der Waals surface area contributed by atoms with Crippen LogP contribution in [0.25, 0.3) is 0 Å². The Kier molecular flexibility index (Phi) is 10.7. The summed E-state index contributed by atoms with van der Waals surface area (Å²) in [6.07, 6.45) is 10.0. The molecule has 30 heavy (non-hydrogen) atoms. The molecule has 6 nitrogen and oxygen atoms in total. The molecule has 0 amide bonds. The van der Waals surface area contributed by atoms with Gasteiger partial charge in [-0.2, -0.15) is 13.1 Å². The molecule has 0 spiro atoms. The largest absolute Gasteiger partial charge is 0.494 e. The van der Waals surface area contributed by atoms with Crippen LogP contribution < -0.4 is 13.8 Å². The third-order valence-electron chi connectivity index (χ3n) is 5.38. The molecule has 1 aromatic carbocycles. The van der Waals surface area contributed by atoms with Crippen LogP contribution in [0, 0.1) is 0 Å². The van der Waals surface area contributed by atoms with E-state index in [9.17, 15) is 8.42 Å². The van der Waals surface area contributed by atoms with Crippen molar-refractivity contribution in [2.75, 3.05) is 44.1 Å². The lowest BCUT2D eigenvalue weighted by Gasteiger charge is -2.30. The van der Waals surface area contributed by atoms with E-state index in [0.29, 0.717) is 19.7 Å². The summed E-state index contributed by atoms with van der Waals surface area (Å²) in [5, 5.41) is 0. The zero-order valence-electron chi connectivity index (χ0n) is 18.7. The Morgan fingerprint density at radius 1 is 1.23 bits per heavy atom. The van der Waals surface area contributed by atoms with Crippen LogP contribution in [-0.2, 0) is 16.6 Å². The lowest BCUT2D eigenvalue weighted by Crippen LogP contribution is -2.43. The number of unbranched alkanes of at least 4 members (excludes halogenated alkanes) is 4. The summed E-state index contributed by atoms with van der Waals surface area (Å²) < 4.78 is 35.5. The number of anilines is 1. The Morgan fingerprint density at radius 2 is 2.03 bits per heavy atom. The summed E-state index contributed by atoms with van der Waals surface area (Å²) >= 11 is 0. The van der Waals surface area contributed by atoms with Crippen molar-refractivity contribution < 1.29 is 13.2 Å². The van der Waals surface area contributed by atoms with Gasteiger partial charge in [-0.3, -0.25) is 4.31 Å². The fraction of sp³-hybridized carbons (Fsp3) is 0.652. The summed E-state index contributed by atoms with van der Waals surface area (Å²) in [7, 11) is -1.37. The second-order valence-electron chi connectivity index (χ2n) is 8.03. The summed E-state index contributed by atoms with van der Waals surface area (Å²) in [6.45, 7) is 9.56. The maximum absolute atomic E-state index is 12.7. The normalized spacial score (nSPS) is 14.0. The van der Waals surface area contributed by atoms with Gasteiger partial charge < -0.3 is 9.64 Å². The van der Waals surface area contributed by atoms with Crippen molar-refractivity contribution in [3.05, 3.63) is 36.4 Å². The smallest absolute Gasteiger partial charge is 0.301 e. The van der Waals surface area contributed by atoms with E-state index in [2.05, 4.69) is 30.2 Å². The van der Waals surface area contributed by atoms with Crippen LogP contribution in [-0.4, -0.2) is 53.2 Å². The van der Waals surface area contributed by atoms with Crippen molar-refractivity contribution in [2.24, 2.45) is 0 Å². The number of nitrogens with zero attached hydrogens (tertiary/aromatic N) is 2. The van der Waals surface area contributed by atoms with Gasteiger partial charge in [-0.25, -0.2) is 0 Å². The molecule has 0 atom stereocenters. The van der Waals surface area contributed by atoms with E-state index in [0.717, 1.165) is 68.6 Å². The first kappa shape index (κ1) is 24.7. The van der Waals surface area contributed by atoms with Crippen LogP contribution in [0.1, 0.15) is 57.4 Å². The number of likely N-dealkylation sites (N-methyl/N-ethyl adjacent to an activating group) is 1. The molecule has 0 radical (unpaired) electrons. The number of rotatable bonds is 15. The topological polar surface area (TPSA) is 61.9 Å². The molecule has 0 aromatic heterocycles. The van der Waals surface area contributed by atoms with E-state index in [1.54, 1.807) is 0 Å². The van der Waals surface area contributed by atoms with E-state index in [4.69, 9.17) is 4.74 Å². The number of hydrogen-bond acceptors (Lipinski definition) is 4. The molecule has 1 aliphatic rings. The molecule has 1 heterocycles. The average Bonchev–Trinajstić information content (AvgIpc) is 2.72. The highest BCUT2D eigenvalue weighted by Gasteiger charge is 2.27. The van der Waals surface area contributed by atoms with Crippen molar-refractivity contribution in [1.82, 2.24) is 9.62 Å². The molecule has 1 aromatic rings. The number of aryl methyl sites for hydroxylation is 1. The Hall–Kier alpha value is -1.57. The van der Waals surface area contributed by atoms with Gasteiger partial charge in [-0.05, 0) is 69.5 Å². The Balaban J connectivity index is 1.79. The molecular formula is C23H39N3O3S. The average molecular weight is 438 g/mol. The van der Waals surface area contributed by atoms with Gasteiger partial charge in [-0.15, -0.1) is 6.58 Å². The lowest BCUT2D eigenvalue weighted by molar-refractivity contribution is 0.300. The zero-order chi connectivity index (χ0) is 21.8. The first-order valence-electron chi connectivity index (χ1n) is 11.3. The molecule has 0 aliphatic carbocycles. The Bertz CT molecular complexity index is 752. The molecule has 2 rings (SSSR count). The summed E-state index contributed by atoms with van der Waals surface area (Å²) in [5.74, 6) is 0.831. The summed E-state index contributed by atoms with van der Waals surface area (Å²) in [4.78, 5) is 2.28. The molecule has 0 saturated carbocycles.